The molecule has 1 atom stereocenters. The van der Waals surface area contributed by atoms with Crippen LogP contribution in [0.2, 0.25) is 0 Å². The summed E-state index contributed by atoms with van der Waals surface area (Å²) in [5.74, 6) is 0.884. The van der Waals surface area contributed by atoms with Crippen molar-refractivity contribution in [3.05, 3.63) is 66.8 Å². The summed E-state index contributed by atoms with van der Waals surface area (Å²) in [6.07, 6.45) is 5.66. The third-order valence-corrected chi connectivity index (χ3v) is 6.15. The summed E-state index contributed by atoms with van der Waals surface area (Å²) < 4.78 is 35.6. The first-order chi connectivity index (χ1) is 13.9. The van der Waals surface area contributed by atoms with Gasteiger partial charge in [0.05, 0.1) is 23.2 Å². The van der Waals surface area contributed by atoms with Crippen LogP contribution in [0.1, 0.15) is 24.7 Å². The van der Waals surface area contributed by atoms with Gasteiger partial charge in [-0.25, -0.2) is 18.1 Å². The Kier molecular flexibility index (Phi) is 6.79. The zero-order valence-electron chi connectivity index (χ0n) is 16.7. The van der Waals surface area contributed by atoms with Crippen LogP contribution >= 0.6 is 0 Å². The number of hydrogen-bond acceptors (Lipinski definition) is 5. The molecule has 0 bridgehead atoms. The number of aryl methyl sites for hydroxylation is 1. The summed E-state index contributed by atoms with van der Waals surface area (Å²) in [6, 6.07) is 8.48. The molecule has 0 aliphatic carbocycles. The highest BCUT2D eigenvalue weighted by atomic mass is 32.2. The molecule has 1 N–H and O–H groups in total. The van der Waals surface area contributed by atoms with E-state index in [1.807, 2.05) is 32.0 Å². The highest BCUT2D eigenvalue weighted by Gasteiger charge is 2.19. The van der Waals surface area contributed by atoms with Gasteiger partial charge in [0.15, 0.2) is 0 Å². The Morgan fingerprint density at radius 3 is 2.72 bits per heavy atom. The van der Waals surface area contributed by atoms with E-state index >= 15 is 0 Å². The Morgan fingerprint density at radius 2 is 2.03 bits per heavy atom. The number of nitrogens with one attached hydrogen (secondary N) is 1. The topological polar surface area (TPSA) is 86.1 Å². The summed E-state index contributed by atoms with van der Waals surface area (Å²) in [5, 5.41) is 0. The molecule has 29 heavy (non-hydrogen) atoms. The number of sulfonamides is 1. The van der Waals surface area contributed by atoms with Crippen molar-refractivity contribution in [1.29, 1.82) is 0 Å². The Bertz CT molecular complexity index is 1080. The number of aromatic nitrogens is 3. The number of ether oxygens (including phenoxy) is 1. The molecule has 8 heteroatoms. The third-order valence-electron chi connectivity index (χ3n) is 4.61. The second-order valence-electron chi connectivity index (χ2n) is 6.76. The maximum atomic E-state index is 12.7. The standard InChI is InChI=1S/C21H26N4O3S/c1-4-6-18(15-28-5-2)24-29(26,27)19-9-7-17(8-10-19)14-25-16(3)23-20-13-22-12-11-21(20)25/h4,7-13,18,24H,1,5-6,14-15H2,2-3H3. The summed E-state index contributed by atoms with van der Waals surface area (Å²) in [4.78, 5) is 8.84. The van der Waals surface area contributed by atoms with Crippen LogP contribution in [0.3, 0.4) is 0 Å². The van der Waals surface area contributed by atoms with Gasteiger partial charge in [0, 0.05) is 25.4 Å². The Hall–Kier alpha value is -2.55. The van der Waals surface area contributed by atoms with Crippen LogP contribution in [-0.4, -0.2) is 42.2 Å². The predicted octanol–water partition coefficient (Wildman–Crippen LogP) is 3.05. The van der Waals surface area contributed by atoms with Gasteiger partial charge in [-0.3, -0.25) is 4.98 Å². The van der Waals surface area contributed by atoms with Gasteiger partial charge in [0.2, 0.25) is 10.0 Å². The molecule has 0 amide bonds. The normalized spacial score (nSPS) is 12.9. The molecule has 0 aliphatic heterocycles. The minimum absolute atomic E-state index is 0.225. The lowest BCUT2D eigenvalue weighted by molar-refractivity contribution is 0.129. The second-order valence-corrected chi connectivity index (χ2v) is 8.47. The van der Waals surface area contributed by atoms with Crippen LogP contribution < -0.4 is 4.72 Å². The molecule has 1 unspecified atom stereocenters. The number of nitrogens with zero attached hydrogens (tertiary/aromatic N) is 3. The maximum Gasteiger partial charge on any atom is 0.240 e. The summed E-state index contributed by atoms with van der Waals surface area (Å²) in [5.41, 5.74) is 2.83. The average molecular weight is 415 g/mol. The minimum atomic E-state index is -3.64. The van der Waals surface area contributed by atoms with Gasteiger partial charge in [0.1, 0.15) is 11.3 Å². The van der Waals surface area contributed by atoms with E-state index in [-0.39, 0.29) is 10.9 Å². The molecule has 3 rings (SSSR count). The number of benzene rings is 1. The Balaban J connectivity index is 1.76. The smallest absolute Gasteiger partial charge is 0.240 e. The lowest BCUT2D eigenvalue weighted by Crippen LogP contribution is -2.37. The summed E-state index contributed by atoms with van der Waals surface area (Å²) in [6.45, 7) is 8.94. The van der Waals surface area contributed by atoms with Crippen LogP contribution in [0.25, 0.3) is 11.0 Å². The molecule has 0 aliphatic rings. The monoisotopic (exact) mass is 414 g/mol. The Labute approximate surface area is 171 Å². The number of pyridine rings is 1. The zero-order valence-corrected chi connectivity index (χ0v) is 17.5. The summed E-state index contributed by atoms with van der Waals surface area (Å²) >= 11 is 0. The molecule has 154 valence electrons. The van der Waals surface area contributed by atoms with Crippen molar-refractivity contribution in [1.82, 2.24) is 19.3 Å². The van der Waals surface area contributed by atoms with E-state index < -0.39 is 10.0 Å². The van der Waals surface area contributed by atoms with E-state index in [9.17, 15) is 8.42 Å². The highest BCUT2D eigenvalue weighted by molar-refractivity contribution is 7.89. The van der Waals surface area contributed by atoms with Gasteiger partial charge in [-0.05, 0) is 44.0 Å². The molecule has 2 heterocycles. The molecule has 0 saturated heterocycles. The first-order valence-electron chi connectivity index (χ1n) is 9.51. The number of fused-ring (bicyclic) bond motifs is 1. The molecular weight excluding hydrogens is 388 g/mol. The SMILES string of the molecule is C=CCC(COCC)NS(=O)(=O)c1ccc(Cn2c(C)nc3cnccc32)cc1. The van der Waals surface area contributed by atoms with E-state index in [2.05, 4.69) is 25.8 Å². The van der Waals surface area contributed by atoms with Gasteiger partial charge in [-0.1, -0.05) is 18.2 Å². The molecule has 0 saturated carbocycles. The fourth-order valence-electron chi connectivity index (χ4n) is 3.16. The van der Waals surface area contributed by atoms with Gasteiger partial charge >= 0.3 is 0 Å². The maximum absolute atomic E-state index is 12.7. The zero-order chi connectivity index (χ0) is 20.9. The van der Waals surface area contributed by atoms with Crippen LogP contribution in [0.5, 0.6) is 0 Å². The lowest BCUT2D eigenvalue weighted by Gasteiger charge is -2.17. The van der Waals surface area contributed by atoms with E-state index in [4.69, 9.17) is 4.74 Å². The van der Waals surface area contributed by atoms with Crippen LogP contribution in [-0.2, 0) is 21.3 Å². The highest BCUT2D eigenvalue weighted by Crippen LogP contribution is 2.18. The van der Waals surface area contributed by atoms with Crippen LogP contribution in [0.4, 0.5) is 0 Å². The molecule has 0 fully saturated rings. The van der Waals surface area contributed by atoms with E-state index in [0.717, 1.165) is 22.4 Å². The van der Waals surface area contributed by atoms with Crippen molar-refractivity contribution >= 4 is 21.1 Å². The van der Waals surface area contributed by atoms with Crippen molar-refractivity contribution in [2.75, 3.05) is 13.2 Å². The minimum Gasteiger partial charge on any atom is -0.380 e. The average Bonchev–Trinajstić information content (AvgIpc) is 3.02. The quantitative estimate of drug-likeness (QED) is 0.515. The molecule has 2 aromatic heterocycles. The lowest BCUT2D eigenvalue weighted by atomic mass is 10.2. The van der Waals surface area contributed by atoms with E-state index in [1.165, 1.54) is 0 Å². The number of hydrogen-bond donors (Lipinski definition) is 1. The van der Waals surface area contributed by atoms with E-state index in [1.54, 1.807) is 30.6 Å². The number of imidazole rings is 1. The van der Waals surface area contributed by atoms with Gasteiger partial charge in [-0.2, -0.15) is 0 Å². The Morgan fingerprint density at radius 1 is 1.28 bits per heavy atom. The first-order valence-corrected chi connectivity index (χ1v) is 11.0. The largest absolute Gasteiger partial charge is 0.380 e. The second kappa shape index (κ2) is 9.30. The van der Waals surface area contributed by atoms with Crippen molar-refractivity contribution < 1.29 is 13.2 Å². The molecule has 0 radical (unpaired) electrons. The van der Waals surface area contributed by atoms with Crippen LogP contribution in [0.15, 0.2) is 60.3 Å². The van der Waals surface area contributed by atoms with Crippen LogP contribution in [0, 0.1) is 6.92 Å². The molecule has 3 aromatic rings. The van der Waals surface area contributed by atoms with Crippen molar-refractivity contribution in [2.24, 2.45) is 0 Å². The van der Waals surface area contributed by atoms with Crippen molar-refractivity contribution in [3.63, 3.8) is 0 Å². The first kappa shape index (κ1) is 21.2. The van der Waals surface area contributed by atoms with Gasteiger partial charge in [0.25, 0.3) is 0 Å². The molecular formula is C21H26N4O3S. The fourth-order valence-corrected chi connectivity index (χ4v) is 4.39. The third kappa shape index (κ3) is 5.09. The van der Waals surface area contributed by atoms with Gasteiger partial charge < -0.3 is 9.30 Å². The summed E-state index contributed by atoms with van der Waals surface area (Å²) in [7, 11) is -3.64. The number of rotatable bonds is 10. The van der Waals surface area contributed by atoms with Crippen molar-refractivity contribution in [2.45, 2.75) is 37.8 Å². The molecule has 1 aromatic carbocycles. The molecule has 7 nitrogen and oxygen atoms in total. The van der Waals surface area contributed by atoms with Crippen molar-refractivity contribution in [3.8, 4) is 0 Å². The van der Waals surface area contributed by atoms with E-state index in [0.29, 0.717) is 26.2 Å². The van der Waals surface area contributed by atoms with Gasteiger partial charge in [-0.15, -0.1) is 6.58 Å². The molecule has 0 spiro atoms. The fraction of sp³-hybridized carbons (Fsp3) is 0.333. The predicted molar refractivity (Wildman–Crippen MR) is 113 cm³/mol.